The van der Waals surface area contributed by atoms with Gasteiger partial charge >= 0.3 is 5.97 Å². The Bertz CT molecular complexity index is 407. The van der Waals surface area contributed by atoms with Gasteiger partial charge in [0.15, 0.2) is 0 Å². The molecular weight excluding hydrogens is 220 g/mol. The number of aryl methyl sites for hydroxylation is 1. The number of halogens is 2. The van der Waals surface area contributed by atoms with Crippen LogP contribution in [0, 0.1) is 6.92 Å². The van der Waals surface area contributed by atoms with E-state index in [1.165, 1.54) is 14.0 Å². The lowest BCUT2D eigenvalue weighted by Gasteiger charge is -2.11. The molecule has 0 atom stereocenters. The molecule has 0 unspecified atom stereocenters. The van der Waals surface area contributed by atoms with Gasteiger partial charge in [-0.05, 0) is 13.0 Å². The van der Waals surface area contributed by atoms with Gasteiger partial charge in [0.25, 0.3) is 6.43 Å². The normalized spacial score (nSPS) is 10.6. The number of nitrogens with zero attached hydrogens (tertiary/aromatic N) is 1. The van der Waals surface area contributed by atoms with Crippen molar-refractivity contribution in [1.29, 1.82) is 0 Å². The number of carboxylic acid groups (broad SMARTS) is 1. The summed E-state index contributed by atoms with van der Waals surface area (Å²) in [5.74, 6) is -1.11. The van der Waals surface area contributed by atoms with Crippen LogP contribution in [0.25, 0.3) is 0 Å². The summed E-state index contributed by atoms with van der Waals surface area (Å²) in [7, 11) is 1.27. The van der Waals surface area contributed by atoms with E-state index in [9.17, 15) is 13.6 Å². The number of methoxy groups -OCH3 is 1. The summed E-state index contributed by atoms with van der Waals surface area (Å²) in [6.45, 7) is 1.50. The summed E-state index contributed by atoms with van der Waals surface area (Å²) >= 11 is 0. The molecule has 1 aromatic heterocycles. The number of hydrogen-bond acceptors (Lipinski definition) is 3. The Hall–Kier alpha value is -1.72. The largest absolute Gasteiger partial charge is 0.494 e. The Balaban J connectivity index is 3.22. The number of rotatable bonds is 4. The van der Waals surface area contributed by atoms with E-state index < -0.39 is 12.4 Å². The molecule has 6 heteroatoms. The minimum Gasteiger partial charge on any atom is -0.494 e. The molecule has 0 radical (unpaired) electrons. The molecular formula is C10H11F2NO3. The van der Waals surface area contributed by atoms with Crippen LogP contribution in [0.2, 0.25) is 0 Å². The number of aromatic nitrogens is 1. The van der Waals surface area contributed by atoms with Crippen LogP contribution in [0.5, 0.6) is 5.75 Å². The summed E-state index contributed by atoms with van der Waals surface area (Å²) < 4.78 is 30.1. The van der Waals surface area contributed by atoms with Crippen LogP contribution in [-0.2, 0) is 11.2 Å². The Morgan fingerprint density at radius 2 is 2.25 bits per heavy atom. The van der Waals surface area contributed by atoms with Crippen molar-refractivity contribution in [1.82, 2.24) is 4.98 Å². The smallest absolute Gasteiger partial charge is 0.309 e. The monoisotopic (exact) mass is 231 g/mol. The summed E-state index contributed by atoms with van der Waals surface area (Å²) in [6, 6.07) is 1.06. The predicted octanol–water partition coefficient (Wildman–Crippen LogP) is 1.96. The zero-order valence-electron chi connectivity index (χ0n) is 8.83. The molecule has 1 heterocycles. The van der Waals surface area contributed by atoms with Gasteiger partial charge in [0.05, 0.1) is 30.5 Å². The van der Waals surface area contributed by atoms with E-state index in [1.807, 2.05) is 0 Å². The van der Waals surface area contributed by atoms with E-state index in [0.717, 1.165) is 6.07 Å². The maximum atomic E-state index is 12.7. The van der Waals surface area contributed by atoms with Gasteiger partial charge in [0.1, 0.15) is 5.75 Å². The van der Waals surface area contributed by atoms with Crippen LogP contribution in [0.15, 0.2) is 6.07 Å². The van der Waals surface area contributed by atoms with Crippen molar-refractivity contribution in [3.63, 3.8) is 0 Å². The third-order valence-electron chi connectivity index (χ3n) is 2.00. The molecule has 1 N–H and O–H groups in total. The maximum Gasteiger partial charge on any atom is 0.309 e. The van der Waals surface area contributed by atoms with Gasteiger partial charge in [0, 0.05) is 0 Å². The molecule has 0 aliphatic rings. The topological polar surface area (TPSA) is 59.4 Å². The third-order valence-corrected chi connectivity index (χ3v) is 2.00. The van der Waals surface area contributed by atoms with Crippen molar-refractivity contribution >= 4 is 5.97 Å². The molecule has 88 valence electrons. The van der Waals surface area contributed by atoms with Gasteiger partial charge in [-0.2, -0.15) is 0 Å². The van der Waals surface area contributed by atoms with E-state index >= 15 is 0 Å². The van der Waals surface area contributed by atoms with Crippen molar-refractivity contribution < 1.29 is 23.4 Å². The molecule has 1 rings (SSSR count). The lowest BCUT2D eigenvalue weighted by atomic mass is 10.1. The average molecular weight is 231 g/mol. The van der Waals surface area contributed by atoms with Crippen molar-refractivity contribution in [2.75, 3.05) is 7.11 Å². The first-order valence-electron chi connectivity index (χ1n) is 4.50. The highest BCUT2D eigenvalue weighted by atomic mass is 19.3. The van der Waals surface area contributed by atoms with Gasteiger partial charge in [-0.15, -0.1) is 0 Å². The number of aliphatic carboxylic acids is 1. The highest BCUT2D eigenvalue weighted by Crippen LogP contribution is 2.31. The second-order valence-corrected chi connectivity index (χ2v) is 3.19. The molecule has 0 spiro atoms. The molecule has 16 heavy (non-hydrogen) atoms. The molecule has 0 saturated heterocycles. The quantitative estimate of drug-likeness (QED) is 0.860. The standard InChI is InChI=1S/C10H11F2NO3/c1-5-9(16-2)7(10(11)12)3-6(13-5)4-8(14)15/h3,10H,4H2,1-2H3,(H,14,15). The lowest BCUT2D eigenvalue weighted by molar-refractivity contribution is -0.136. The fourth-order valence-corrected chi connectivity index (χ4v) is 1.43. The van der Waals surface area contributed by atoms with Crippen LogP contribution < -0.4 is 4.74 Å². The zero-order chi connectivity index (χ0) is 12.3. The second kappa shape index (κ2) is 4.87. The maximum absolute atomic E-state index is 12.7. The Morgan fingerprint density at radius 3 is 2.69 bits per heavy atom. The summed E-state index contributed by atoms with van der Waals surface area (Å²) in [6.07, 6.45) is -3.10. The number of alkyl halides is 2. The molecule has 0 aromatic carbocycles. The molecule has 1 aromatic rings. The van der Waals surface area contributed by atoms with E-state index in [2.05, 4.69) is 4.98 Å². The molecule has 0 bridgehead atoms. The van der Waals surface area contributed by atoms with Crippen molar-refractivity contribution in [3.8, 4) is 5.75 Å². The SMILES string of the molecule is COc1c(C(F)F)cc(CC(=O)O)nc1C. The van der Waals surface area contributed by atoms with Gasteiger partial charge in [-0.25, -0.2) is 8.78 Å². The number of pyridine rings is 1. The predicted molar refractivity (Wildman–Crippen MR) is 51.8 cm³/mol. The lowest BCUT2D eigenvalue weighted by Crippen LogP contribution is -2.06. The minimum atomic E-state index is -2.72. The average Bonchev–Trinajstić information content (AvgIpc) is 2.15. The van der Waals surface area contributed by atoms with Crippen LogP contribution in [0.3, 0.4) is 0 Å². The number of carbonyl (C=O) groups is 1. The molecule has 0 amide bonds. The van der Waals surface area contributed by atoms with Gasteiger partial charge in [-0.3, -0.25) is 9.78 Å². The Morgan fingerprint density at radius 1 is 1.62 bits per heavy atom. The highest BCUT2D eigenvalue weighted by Gasteiger charge is 2.18. The van der Waals surface area contributed by atoms with E-state index in [-0.39, 0.29) is 29.1 Å². The van der Waals surface area contributed by atoms with E-state index in [4.69, 9.17) is 9.84 Å². The van der Waals surface area contributed by atoms with E-state index in [0.29, 0.717) is 0 Å². The number of ether oxygens (including phenoxy) is 1. The van der Waals surface area contributed by atoms with Gasteiger partial charge < -0.3 is 9.84 Å². The second-order valence-electron chi connectivity index (χ2n) is 3.19. The fraction of sp³-hybridized carbons (Fsp3) is 0.400. The van der Waals surface area contributed by atoms with Crippen LogP contribution in [0.4, 0.5) is 8.78 Å². The molecule has 4 nitrogen and oxygen atoms in total. The summed E-state index contributed by atoms with van der Waals surface area (Å²) in [4.78, 5) is 14.3. The van der Waals surface area contributed by atoms with Crippen molar-refractivity contribution in [3.05, 3.63) is 23.0 Å². The first kappa shape index (κ1) is 12.4. The Kier molecular flexibility index (Phi) is 3.76. The number of hydrogen-bond donors (Lipinski definition) is 1. The van der Waals surface area contributed by atoms with Crippen LogP contribution >= 0.6 is 0 Å². The van der Waals surface area contributed by atoms with Crippen LogP contribution in [0.1, 0.15) is 23.4 Å². The summed E-state index contributed by atoms with van der Waals surface area (Å²) in [5.41, 5.74) is 0.0314. The first-order valence-corrected chi connectivity index (χ1v) is 4.50. The fourth-order valence-electron chi connectivity index (χ4n) is 1.43. The third kappa shape index (κ3) is 2.65. The molecule has 0 saturated carbocycles. The number of carboxylic acids is 1. The van der Waals surface area contributed by atoms with Gasteiger partial charge in [0.2, 0.25) is 0 Å². The Labute approximate surface area is 90.9 Å². The van der Waals surface area contributed by atoms with Crippen LogP contribution in [-0.4, -0.2) is 23.2 Å². The molecule has 0 fully saturated rings. The van der Waals surface area contributed by atoms with Gasteiger partial charge in [-0.1, -0.05) is 0 Å². The van der Waals surface area contributed by atoms with Crippen molar-refractivity contribution in [2.45, 2.75) is 19.8 Å². The van der Waals surface area contributed by atoms with Crippen molar-refractivity contribution in [2.24, 2.45) is 0 Å². The zero-order valence-corrected chi connectivity index (χ0v) is 8.83. The van der Waals surface area contributed by atoms with E-state index in [1.54, 1.807) is 0 Å². The highest BCUT2D eigenvalue weighted by molar-refractivity contribution is 5.69. The molecule has 0 aliphatic heterocycles. The summed E-state index contributed by atoms with van der Waals surface area (Å²) in [5, 5.41) is 8.56. The first-order chi connectivity index (χ1) is 7.45. The minimum absolute atomic E-state index is 0.00383. The molecule has 0 aliphatic carbocycles.